The Balaban J connectivity index is 1.40. The van der Waals surface area contributed by atoms with E-state index in [4.69, 9.17) is 11.6 Å². The lowest BCUT2D eigenvalue weighted by molar-refractivity contribution is -0.911. The van der Waals surface area contributed by atoms with Crippen LogP contribution in [0.3, 0.4) is 0 Å². The molecule has 3 aromatic rings. The van der Waals surface area contributed by atoms with Crippen molar-refractivity contribution >= 4 is 33.4 Å². The third-order valence-electron chi connectivity index (χ3n) is 7.30. The van der Waals surface area contributed by atoms with Gasteiger partial charge in [-0.15, -0.1) is 0 Å². The molecule has 176 valence electrons. The second-order valence-electron chi connectivity index (χ2n) is 9.50. The molecule has 1 N–H and O–H groups in total. The van der Waals surface area contributed by atoms with Gasteiger partial charge in [0.05, 0.1) is 16.8 Å². The molecule has 5 nitrogen and oxygen atoms in total. The maximum absolute atomic E-state index is 13.0. The monoisotopic (exact) mass is 541 g/mol. The highest BCUT2D eigenvalue weighted by molar-refractivity contribution is 9.10. The molecule has 7 heteroatoms. The van der Waals surface area contributed by atoms with Crippen LogP contribution in [0.1, 0.15) is 46.7 Å². The van der Waals surface area contributed by atoms with Crippen molar-refractivity contribution in [3.8, 4) is 0 Å². The number of piperidine rings is 1. The van der Waals surface area contributed by atoms with Crippen molar-refractivity contribution in [2.75, 3.05) is 13.1 Å². The molecule has 2 aliphatic rings. The SMILES string of the molecule is C[n+]1ccc(CC(=O)N2CCC(C3c4ccc(Cl)cc4CCc4cc(Br)c[n+](O)c43)CC2)cc1. The molecule has 1 fully saturated rings. The minimum atomic E-state index is 0.0641. The number of fused-ring (bicyclic) bond motifs is 2. The van der Waals surface area contributed by atoms with E-state index in [2.05, 4.69) is 34.1 Å². The molecule has 0 bridgehead atoms. The number of halogens is 2. The van der Waals surface area contributed by atoms with Crippen LogP contribution in [0, 0.1) is 5.92 Å². The summed E-state index contributed by atoms with van der Waals surface area (Å²) >= 11 is 9.89. The number of benzene rings is 1. The van der Waals surface area contributed by atoms with Gasteiger partial charge in [0.2, 0.25) is 17.8 Å². The molecule has 1 unspecified atom stereocenters. The van der Waals surface area contributed by atoms with Gasteiger partial charge < -0.3 is 4.90 Å². The number of rotatable bonds is 3. The fourth-order valence-corrected chi connectivity index (χ4v) is 6.22. The van der Waals surface area contributed by atoms with Crippen molar-refractivity contribution in [3.63, 3.8) is 0 Å². The van der Waals surface area contributed by atoms with Crippen LogP contribution in [0.5, 0.6) is 0 Å². The Labute approximate surface area is 213 Å². The number of hydrogen-bond donors (Lipinski definition) is 1. The summed E-state index contributed by atoms with van der Waals surface area (Å²) < 4.78 is 4.15. The van der Waals surface area contributed by atoms with Crippen LogP contribution in [-0.4, -0.2) is 29.1 Å². The number of aryl methyl sites for hydroxylation is 3. The molecule has 1 aliphatic heterocycles. The summed E-state index contributed by atoms with van der Waals surface area (Å²) in [5.74, 6) is 0.576. The molecule has 2 aromatic heterocycles. The van der Waals surface area contributed by atoms with E-state index in [0.29, 0.717) is 12.3 Å². The standard InChI is InChI=1S/C27H29BrClN3O2/c1-30-10-6-18(7-11-30)14-25(33)31-12-8-19(9-13-31)26-24-5-4-23(29)16-20(24)2-3-21-15-22(28)17-32(34)27(21)26/h4-7,10-11,15-17,19,26,34H,2-3,8-9,12-14H2,1H3/q+2. The van der Waals surface area contributed by atoms with Crippen LogP contribution in [0.2, 0.25) is 5.02 Å². The van der Waals surface area contributed by atoms with Gasteiger partial charge in [0.15, 0.2) is 12.4 Å². The highest BCUT2D eigenvalue weighted by atomic mass is 79.9. The summed E-state index contributed by atoms with van der Waals surface area (Å²) in [6, 6.07) is 12.3. The van der Waals surface area contributed by atoms with E-state index in [0.717, 1.165) is 65.1 Å². The van der Waals surface area contributed by atoms with Gasteiger partial charge in [0.1, 0.15) is 7.05 Å². The average molecular weight is 543 g/mol. The molecular formula is C27H29BrClN3O2+2. The number of likely N-dealkylation sites (tertiary alicyclic amines) is 1. The molecule has 0 spiro atoms. The second kappa shape index (κ2) is 9.67. The van der Waals surface area contributed by atoms with Gasteiger partial charge in [-0.05, 0) is 82.4 Å². The largest absolute Gasteiger partial charge is 0.342 e. The fraction of sp³-hybridized carbons (Fsp3) is 0.370. The van der Waals surface area contributed by atoms with Crippen LogP contribution >= 0.6 is 27.5 Å². The zero-order valence-corrected chi connectivity index (χ0v) is 21.6. The molecule has 1 aliphatic carbocycles. The third-order valence-corrected chi connectivity index (χ3v) is 7.97. The van der Waals surface area contributed by atoms with E-state index in [1.54, 1.807) is 6.20 Å². The molecule has 1 saturated heterocycles. The number of pyridine rings is 2. The van der Waals surface area contributed by atoms with Crippen molar-refractivity contribution < 1.29 is 19.3 Å². The summed E-state index contributed by atoms with van der Waals surface area (Å²) in [6.45, 7) is 1.47. The fourth-order valence-electron chi connectivity index (χ4n) is 5.56. The lowest BCUT2D eigenvalue weighted by Crippen LogP contribution is -2.44. The van der Waals surface area contributed by atoms with Crippen molar-refractivity contribution in [3.05, 3.63) is 92.4 Å². The quantitative estimate of drug-likeness (QED) is 0.399. The van der Waals surface area contributed by atoms with Gasteiger partial charge in [-0.25, -0.2) is 4.57 Å². The lowest BCUT2D eigenvalue weighted by atomic mass is 9.76. The number of aromatic nitrogens is 2. The van der Waals surface area contributed by atoms with Gasteiger partial charge >= 0.3 is 0 Å². The van der Waals surface area contributed by atoms with Gasteiger partial charge in [0, 0.05) is 40.5 Å². The first-order valence-corrected chi connectivity index (χ1v) is 13.0. The van der Waals surface area contributed by atoms with E-state index in [1.165, 1.54) is 15.9 Å². The third kappa shape index (κ3) is 4.71. The number of hydrogen-bond acceptors (Lipinski definition) is 2. The molecule has 34 heavy (non-hydrogen) atoms. The minimum Gasteiger partial charge on any atom is -0.342 e. The van der Waals surface area contributed by atoms with Crippen LogP contribution in [0.4, 0.5) is 0 Å². The smallest absolute Gasteiger partial charge is 0.245 e. The van der Waals surface area contributed by atoms with Crippen molar-refractivity contribution in [1.29, 1.82) is 0 Å². The summed E-state index contributed by atoms with van der Waals surface area (Å²) in [7, 11) is 1.98. The molecule has 1 aromatic carbocycles. The van der Waals surface area contributed by atoms with E-state index < -0.39 is 0 Å². The Morgan fingerprint density at radius 3 is 2.56 bits per heavy atom. The van der Waals surface area contributed by atoms with Crippen LogP contribution in [0.15, 0.2) is 59.5 Å². The molecular weight excluding hydrogens is 514 g/mol. The van der Waals surface area contributed by atoms with Crippen LogP contribution in [0.25, 0.3) is 0 Å². The highest BCUT2D eigenvalue weighted by Gasteiger charge is 2.40. The summed E-state index contributed by atoms with van der Waals surface area (Å²) in [5, 5.41) is 11.7. The van der Waals surface area contributed by atoms with Crippen LogP contribution < -0.4 is 9.30 Å². The number of nitrogens with zero attached hydrogens (tertiary/aromatic N) is 3. The van der Waals surface area contributed by atoms with E-state index >= 15 is 0 Å². The first kappa shape index (κ1) is 23.3. The average Bonchev–Trinajstić information content (AvgIpc) is 2.97. The van der Waals surface area contributed by atoms with Gasteiger partial charge in [-0.1, -0.05) is 17.7 Å². The number of carbonyl (C=O) groups is 1. The normalized spacial score (nSPS) is 18.2. The molecule has 1 amide bonds. The van der Waals surface area contributed by atoms with Gasteiger partial charge in [0.25, 0.3) is 0 Å². The molecule has 0 saturated carbocycles. The lowest BCUT2D eigenvalue weighted by Gasteiger charge is -2.35. The van der Waals surface area contributed by atoms with Gasteiger partial charge in [-0.2, -0.15) is 0 Å². The Bertz CT molecular complexity index is 1220. The van der Waals surface area contributed by atoms with Crippen molar-refractivity contribution in [2.24, 2.45) is 13.0 Å². The van der Waals surface area contributed by atoms with Crippen LogP contribution in [-0.2, 0) is 31.1 Å². The maximum Gasteiger partial charge on any atom is 0.245 e. The first-order chi connectivity index (χ1) is 16.4. The summed E-state index contributed by atoms with van der Waals surface area (Å²) in [4.78, 5) is 15.0. The number of carbonyl (C=O) groups excluding carboxylic acids is 1. The zero-order valence-electron chi connectivity index (χ0n) is 19.3. The zero-order chi connectivity index (χ0) is 23.8. The summed E-state index contributed by atoms with van der Waals surface area (Å²) in [6.07, 6.45) is 9.66. The van der Waals surface area contributed by atoms with E-state index in [-0.39, 0.29) is 11.8 Å². The van der Waals surface area contributed by atoms with Crippen molar-refractivity contribution in [2.45, 2.75) is 38.0 Å². The Hall–Kier alpha value is -2.44. The molecule has 3 heterocycles. The molecule has 0 radical (unpaired) electrons. The van der Waals surface area contributed by atoms with E-state index in [1.807, 2.05) is 47.1 Å². The summed E-state index contributed by atoms with van der Waals surface area (Å²) in [5.41, 5.74) is 5.66. The van der Waals surface area contributed by atoms with E-state index in [9.17, 15) is 10.0 Å². The number of amides is 1. The maximum atomic E-state index is 13.0. The minimum absolute atomic E-state index is 0.0641. The predicted octanol–water partition coefficient (Wildman–Crippen LogP) is 4.16. The Kier molecular flexibility index (Phi) is 6.63. The van der Waals surface area contributed by atoms with Gasteiger partial charge in [-0.3, -0.25) is 10.0 Å². The molecule has 5 rings (SSSR count). The second-order valence-corrected chi connectivity index (χ2v) is 10.9. The first-order valence-electron chi connectivity index (χ1n) is 11.8. The Morgan fingerprint density at radius 1 is 1.12 bits per heavy atom. The topological polar surface area (TPSA) is 48.3 Å². The van der Waals surface area contributed by atoms with Crippen molar-refractivity contribution in [1.82, 2.24) is 4.90 Å². The highest BCUT2D eigenvalue weighted by Crippen LogP contribution is 2.42. The Morgan fingerprint density at radius 2 is 1.82 bits per heavy atom. The molecule has 1 atom stereocenters. The predicted molar refractivity (Wildman–Crippen MR) is 133 cm³/mol.